The van der Waals surface area contributed by atoms with Gasteiger partial charge in [0.25, 0.3) is 5.79 Å². The Morgan fingerprint density at radius 1 is 0.800 bits per heavy atom. The number of phenolic OH excluding ortho intramolecular Hbond substituents is 4. The molecule has 2 aromatic rings. The largest absolute Gasteiger partial charge is 0.504 e. The van der Waals surface area contributed by atoms with Crippen molar-refractivity contribution in [2.24, 2.45) is 5.92 Å². The van der Waals surface area contributed by atoms with Gasteiger partial charge in [-0.3, -0.25) is 0 Å². The molecule has 4 N–H and O–H groups in total. The summed E-state index contributed by atoms with van der Waals surface area (Å²) < 4.78 is 13.0. The average Bonchev–Trinajstić information content (AvgIpc) is 2.70. The van der Waals surface area contributed by atoms with Crippen molar-refractivity contribution < 1.29 is 29.9 Å². The van der Waals surface area contributed by atoms with Crippen LogP contribution in [-0.4, -0.2) is 26.2 Å². The molecule has 4 unspecified atom stereocenters. The molecule has 2 aliphatic rings. The van der Waals surface area contributed by atoms with Gasteiger partial charge >= 0.3 is 0 Å². The van der Waals surface area contributed by atoms with E-state index in [0.717, 1.165) is 24.0 Å². The van der Waals surface area contributed by atoms with Gasteiger partial charge in [-0.05, 0) is 25.0 Å². The molecule has 0 radical (unpaired) electrons. The van der Waals surface area contributed by atoms with Crippen molar-refractivity contribution in [2.75, 3.05) is 0 Å². The molecule has 0 fully saturated rings. The van der Waals surface area contributed by atoms with Gasteiger partial charge in [0, 0.05) is 46.4 Å². The molecule has 2 heterocycles. The summed E-state index contributed by atoms with van der Waals surface area (Å²) in [6.45, 7) is 10.5. The molecule has 0 bridgehead atoms. The number of rotatable bonds is 2. The number of fused-ring (bicyclic) bond motifs is 2. The highest BCUT2D eigenvalue weighted by Crippen LogP contribution is 2.59. The summed E-state index contributed by atoms with van der Waals surface area (Å²) in [5.41, 5.74) is 0.918. The Kier molecular flexibility index (Phi) is 4.35. The number of benzene rings is 2. The van der Waals surface area contributed by atoms with Gasteiger partial charge in [-0.15, -0.1) is 0 Å². The fraction of sp³-hybridized carbons (Fsp3) is 0.500. The van der Waals surface area contributed by atoms with Crippen LogP contribution < -0.4 is 9.47 Å². The molecule has 1 spiro atoms. The van der Waals surface area contributed by atoms with E-state index in [4.69, 9.17) is 9.47 Å². The van der Waals surface area contributed by atoms with Crippen molar-refractivity contribution in [1.29, 1.82) is 0 Å². The van der Waals surface area contributed by atoms with Crippen LogP contribution in [-0.2, 0) is 10.8 Å². The van der Waals surface area contributed by atoms with Crippen LogP contribution in [0.1, 0.15) is 65.0 Å². The molecule has 30 heavy (non-hydrogen) atoms. The van der Waals surface area contributed by atoms with Crippen LogP contribution in [0.15, 0.2) is 24.3 Å². The van der Waals surface area contributed by atoms with Crippen molar-refractivity contribution in [2.45, 2.75) is 70.5 Å². The number of aromatic hydroxyl groups is 4. The molecule has 6 heteroatoms. The fourth-order valence-corrected chi connectivity index (χ4v) is 5.17. The summed E-state index contributed by atoms with van der Waals surface area (Å²) in [4.78, 5) is 0. The first-order valence-corrected chi connectivity index (χ1v) is 10.5. The van der Waals surface area contributed by atoms with Crippen molar-refractivity contribution in [3.05, 3.63) is 35.4 Å². The van der Waals surface area contributed by atoms with Crippen LogP contribution in [0.3, 0.4) is 0 Å². The Labute approximate surface area is 176 Å². The van der Waals surface area contributed by atoms with Gasteiger partial charge in [-0.1, -0.05) is 34.6 Å². The monoisotopic (exact) mass is 414 g/mol. The first-order valence-electron chi connectivity index (χ1n) is 10.5. The van der Waals surface area contributed by atoms with Crippen molar-refractivity contribution in [3.63, 3.8) is 0 Å². The molecule has 6 nitrogen and oxygen atoms in total. The molecule has 0 aliphatic carbocycles. The van der Waals surface area contributed by atoms with E-state index >= 15 is 0 Å². The van der Waals surface area contributed by atoms with Crippen LogP contribution in [0.5, 0.6) is 34.5 Å². The van der Waals surface area contributed by atoms with E-state index in [1.807, 2.05) is 0 Å². The molecule has 2 aliphatic heterocycles. The SMILES string of the molecule is CCC1(C)CC2(Oc3cc(O)c(O)cc31)Oc1cc(O)c(O)cc1C(C)(CC)C2C. The van der Waals surface area contributed by atoms with Crippen LogP contribution in [0.25, 0.3) is 0 Å². The van der Waals surface area contributed by atoms with Gasteiger partial charge in [0.15, 0.2) is 23.0 Å². The maximum Gasteiger partial charge on any atom is 0.255 e. The van der Waals surface area contributed by atoms with Crippen molar-refractivity contribution in [3.8, 4) is 34.5 Å². The lowest BCUT2D eigenvalue weighted by Crippen LogP contribution is -2.62. The van der Waals surface area contributed by atoms with E-state index in [1.165, 1.54) is 12.1 Å². The number of phenols is 4. The van der Waals surface area contributed by atoms with E-state index in [-0.39, 0.29) is 39.7 Å². The Hall–Kier alpha value is -2.76. The van der Waals surface area contributed by atoms with Crippen molar-refractivity contribution >= 4 is 0 Å². The van der Waals surface area contributed by atoms with Crippen LogP contribution >= 0.6 is 0 Å². The quantitative estimate of drug-likeness (QED) is 0.513. The number of hydrogen-bond donors (Lipinski definition) is 4. The van der Waals surface area contributed by atoms with E-state index in [2.05, 4.69) is 34.6 Å². The number of hydrogen-bond acceptors (Lipinski definition) is 6. The normalized spacial score (nSPS) is 32.1. The average molecular weight is 414 g/mol. The predicted molar refractivity (Wildman–Crippen MR) is 113 cm³/mol. The predicted octanol–water partition coefficient (Wildman–Crippen LogP) is 5.05. The second-order valence-electron chi connectivity index (χ2n) is 9.27. The summed E-state index contributed by atoms with van der Waals surface area (Å²) in [7, 11) is 0. The Balaban J connectivity index is 1.94. The molecule has 0 saturated heterocycles. The molecule has 4 rings (SSSR count). The zero-order chi connectivity index (χ0) is 22.1. The van der Waals surface area contributed by atoms with E-state index in [0.29, 0.717) is 17.9 Å². The minimum absolute atomic E-state index is 0.110. The van der Waals surface area contributed by atoms with E-state index < -0.39 is 5.79 Å². The lowest BCUT2D eigenvalue weighted by molar-refractivity contribution is -0.205. The summed E-state index contributed by atoms with van der Waals surface area (Å²) in [5, 5.41) is 40.4. The lowest BCUT2D eigenvalue weighted by Gasteiger charge is -2.56. The first kappa shape index (κ1) is 20.5. The topological polar surface area (TPSA) is 99.4 Å². The highest BCUT2D eigenvalue weighted by molar-refractivity contribution is 5.56. The standard InChI is InChI=1S/C24H30O6/c1-6-22(4)12-24(29-20-10-18(27)16(25)8-14(20)22)13(3)23(5,7-2)15-9-17(26)19(28)11-21(15)30-24/h8-11,13,25-28H,6-7,12H2,1-5H3. The van der Waals surface area contributed by atoms with Crippen molar-refractivity contribution in [1.82, 2.24) is 0 Å². The summed E-state index contributed by atoms with van der Waals surface area (Å²) >= 11 is 0. The van der Waals surface area contributed by atoms with Gasteiger partial charge in [0.05, 0.1) is 0 Å². The second kappa shape index (κ2) is 6.37. The highest BCUT2D eigenvalue weighted by atomic mass is 16.7. The third kappa shape index (κ3) is 2.62. The maximum absolute atomic E-state index is 10.1. The van der Waals surface area contributed by atoms with Crippen LogP contribution in [0, 0.1) is 5.92 Å². The summed E-state index contributed by atoms with van der Waals surface area (Å²) in [5.74, 6) is -1.01. The third-order valence-corrected chi connectivity index (χ3v) is 7.75. The van der Waals surface area contributed by atoms with Gasteiger partial charge < -0.3 is 29.9 Å². The highest BCUT2D eigenvalue weighted by Gasteiger charge is 2.59. The zero-order valence-corrected chi connectivity index (χ0v) is 18.1. The Morgan fingerprint density at radius 3 is 1.77 bits per heavy atom. The fourth-order valence-electron chi connectivity index (χ4n) is 5.17. The molecule has 0 aromatic heterocycles. The minimum Gasteiger partial charge on any atom is -0.504 e. The number of ether oxygens (including phenoxy) is 2. The summed E-state index contributed by atoms with van der Waals surface area (Å²) in [6, 6.07) is 6.05. The van der Waals surface area contributed by atoms with Gasteiger partial charge in [0.2, 0.25) is 0 Å². The zero-order valence-electron chi connectivity index (χ0n) is 18.1. The van der Waals surface area contributed by atoms with E-state index in [9.17, 15) is 20.4 Å². The lowest BCUT2D eigenvalue weighted by atomic mass is 9.61. The molecule has 0 saturated carbocycles. The smallest absolute Gasteiger partial charge is 0.255 e. The first-order chi connectivity index (χ1) is 14.0. The van der Waals surface area contributed by atoms with E-state index in [1.54, 1.807) is 12.1 Å². The molecular weight excluding hydrogens is 384 g/mol. The molecule has 4 atom stereocenters. The second-order valence-corrected chi connectivity index (χ2v) is 9.27. The molecule has 162 valence electrons. The van der Waals surface area contributed by atoms with Gasteiger partial charge in [-0.25, -0.2) is 0 Å². The Morgan fingerprint density at radius 2 is 1.27 bits per heavy atom. The maximum atomic E-state index is 10.1. The Bertz CT molecular complexity index is 1010. The van der Waals surface area contributed by atoms with Crippen LogP contribution in [0.2, 0.25) is 0 Å². The van der Waals surface area contributed by atoms with Crippen LogP contribution in [0.4, 0.5) is 0 Å². The van der Waals surface area contributed by atoms with Gasteiger partial charge in [0.1, 0.15) is 11.5 Å². The summed E-state index contributed by atoms with van der Waals surface area (Å²) in [6.07, 6.45) is 2.09. The third-order valence-electron chi connectivity index (χ3n) is 7.75. The molecule has 2 aromatic carbocycles. The molecular formula is C24H30O6. The molecule has 0 amide bonds. The minimum atomic E-state index is -1.04. The van der Waals surface area contributed by atoms with Gasteiger partial charge in [-0.2, -0.15) is 0 Å².